The molecule has 2 amide bonds. The van der Waals surface area contributed by atoms with E-state index in [9.17, 15) is 17.6 Å². The molecule has 0 radical (unpaired) electrons. The molecule has 29 heavy (non-hydrogen) atoms. The number of urea groups is 1. The second-order valence-corrected chi connectivity index (χ2v) is 9.14. The lowest BCUT2D eigenvalue weighted by Crippen LogP contribution is -2.53. The van der Waals surface area contributed by atoms with Gasteiger partial charge in [0, 0.05) is 32.7 Å². The highest BCUT2D eigenvalue weighted by Crippen LogP contribution is 2.22. The standard InChI is InChI=1S/C21H26FN3O3S/c1-16-7-8-20(17(2)15-16)29(27,28)25-13-11-24(12-14-25)21(26)23-10-9-18-5-3-4-6-19(18)22/h3-8,15H,9-14H2,1-2H3,(H,23,26). The summed E-state index contributed by atoms with van der Waals surface area (Å²) in [5, 5.41) is 2.78. The summed E-state index contributed by atoms with van der Waals surface area (Å²) in [6.07, 6.45) is 0.402. The van der Waals surface area contributed by atoms with E-state index in [-0.39, 0.29) is 24.9 Å². The fourth-order valence-electron chi connectivity index (χ4n) is 3.48. The third-order valence-corrected chi connectivity index (χ3v) is 7.16. The zero-order valence-corrected chi connectivity index (χ0v) is 17.5. The maximum atomic E-state index is 13.6. The van der Waals surface area contributed by atoms with Crippen molar-refractivity contribution in [3.8, 4) is 0 Å². The van der Waals surface area contributed by atoms with E-state index in [2.05, 4.69) is 5.32 Å². The van der Waals surface area contributed by atoms with Crippen LogP contribution in [0.2, 0.25) is 0 Å². The molecule has 0 bridgehead atoms. The quantitative estimate of drug-likeness (QED) is 0.810. The Morgan fingerprint density at radius 1 is 1.07 bits per heavy atom. The van der Waals surface area contributed by atoms with E-state index >= 15 is 0 Å². The number of carbonyl (C=O) groups is 1. The number of nitrogens with one attached hydrogen (secondary N) is 1. The van der Waals surface area contributed by atoms with Gasteiger partial charge in [0.15, 0.2) is 0 Å². The molecule has 0 atom stereocenters. The van der Waals surface area contributed by atoms with Crippen LogP contribution in [0.3, 0.4) is 0 Å². The van der Waals surface area contributed by atoms with E-state index in [0.29, 0.717) is 36.5 Å². The third kappa shape index (κ3) is 4.94. The topological polar surface area (TPSA) is 69.7 Å². The van der Waals surface area contributed by atoms with Crippen molar-refractivity contribution in [3.63, 3.8) is 0 Å². The predicted octanol–water partition coefficient (Wildman–Crippen LogP) is 2.70. The molecule has 0 saturated carbocycles. The summed E-state index contributed by atoms with van der Waals surface area (Å²) >= 11 is 0. The number of aryl methyl sites for hydroxylation is 2. The lowest BCUT2D eigenvalue weighted by atomic mass is 10.1. The Bertz CT molecular complexity index is 986. The Labute approximate surface area is 171 Å². The Morgan fingerprint density at radius 2 is 1.76 bits per heavy atom. The van der Waals surface area contributed by atoms with Crippen LogP contribution in [0, 0.1) is 19.7 Å². The number of piperazine rings is 1. The number of sulfonamides is 1. The number of nitrogens with zero attached hydrogens (tertiary/aromatic N) is 2. The second kappa shape index (κ2) is 8.92. The van der Waals surface area contributed by atoms with E-state index in [1.165, 1.54) is 10.4 Å². The summed E-state index contributed by atoms with van der Waals surface area (Å²) in [6.45, 7) is 5.16. The van der Waals surface area contributed by atoms with Crippen molar-refractivity contribution in [2.45, 2.75) is 25.2 Å². The molecule has 156 valence electrons. The van der Waals surface area contributed by atoms with Gasteiger partial charge in [-0.2, -0.15) is 4.31 Å². The van der Waals surface area contributed by atoms with E-state index in [1.54, 1.807) is 42.2 Å². The zero-order valence-electron chi connectivity index (χ0n) is 16.7. The van der Waals surface area contributed by atoms with E-state index < -0.39 is 10.0 Å². The van der Waals surface area contributed by atoms with Crippen LogP contribution in [0.4, 0.5) is 9.18 Å². The van der Waals surface area contributed by atoms with Gasteiger partial charge in [0.25, 0.3) is 0 Å². The molecule has 0 aromatic heterocycles. The highest BCUT2D eigenvalue weighted by molar-refractivity contribution is 7.89. The molecule has 1 fully saturated rings. The maximum Gasteiger partial charge on any atom is 0.317 e. The Morgan fingerprint density at radius 3 is 2.41 bits per heavy atom. The molecule has 1 N–H and O–H groups in total. The average Bonchev–Trinajstić information content (AvgIpc) is 2.69. The van der Waals surface area contributed by atoms with Crippen molar-refractivity contribution in [1.29, 1.82) is 0 Å². The monoisotopic (exact) mass is 419 g/mol. The van der Waals surface area contributed by atoms with Gasteiger partial charge < -0.3 is 10.2 Å². The minimum atomic E-state index is -3.58. The Balaban J connectivity index is 1.53. The summed E-state index contributed by atoms with van der Waals surface area (Å²) in [4.78, 5) is 14.2. The van der Waals surface area contributed by atoms with Crippen LogP contribution in [0.15, 0.2) is 47.4 Å². The van der Waals surface area contributed by atoms with E-state index in [0.717, 1.165) is 11.1 Å². The van der Waals surface area contributed by atoms with Gasteiger partial charge in [-0.05, 0) is 43.5 Å². The van der Waals surface area contributed by atoms with Crippen molar-refractivity contribution in [3.05, 3.63) is 65.0 Å². The number of benzene rings is 2. The molecule has 0 aliphatic carbocycles. The van der Waals surface area contributed by atoms with Crippen LogP contribution < -0.4 is 5.32 Å². The summed E-state index contributed by atoms with van der Waals surface area (Å²) < 4.78 is 40.9. The Kier molecular flexibility index (Phi) is 6.54. The average molecular weight is 420 g/mol. The number of hydrogen-bond acceptors (Lipinski definition) is 3. The smallest absolute Gasteiger partial charge is 0.317 e. The van der Waals surface area contributed by atoms with Gasteiger partial charge in [-0.25, -0.2) is 17.6 Å². The summed E-state index contributed by atoms with van der Waals surface area (Å²) in [6, 6.07) is 11.5. The molecule has 2 aromatic carbocycles. The maximum absolute atomic E-state index is 13.6. The first kappa shape index (κ1) is 21.3. The zero-order chi connectivity index (χ0) is 21.0. The van der Waals surface area contributed by atoms with E-state index in [1.807, 2.05) is 13.0 Å². The van der Waals surface area contributed by atoms with Gasteiger partial charge in [0.1, 0.15) is 5.82 Å². The molecule has 0 spiro atoms. The van der Waals surface area contributed by atoms with Gasteiger partial charge in [0.05, 0.1) is 4.90 Å². The fraction of sp³-hybridized carbons (Fsp3) is 0.381. The molecule has 8 heteroatoms. The lowest BCUT2D eigenvalue weighted by molar-refractivity contribution is 0.172. The molecule has 1 aliphatic heterocycles. The number of hydrogen-bond donors (Lipinski definition) is 1. The molecule has 1 aliphatic rings. The van der Waals surface area contributed by atoms with Crippen LogP contribution in [-0.4, -0.2) is 56.4 Å². The van der Waals surface area contributed by atoms with Gasteiger partial charge in [-0.3, -0.25) is 0 Å². The number of rotatable bonds is 5. The van der Waals surface area contributed by atoms with Crippen LogP contribution in [0.1, 0.15) is 16.7 Å². The second-order valence-electron chi connectivity index (χ2n) is 7.23. The van der Waals surface area contributed by atoms with Crippen molar-refractivity contribution < 1.29 is 17.6 Å². The first-order valence-electron chi connectivity index (χ1n) is 9.62. The molecule has 1 saturated heterocycles. The molecule has 2 aromatic rings. The largest absolute Gasteiger partial charge is 0.338 e. The van der Waals surface area contributed by atoms with Crippen LogP contribution in [0.25, 0.3) is 0 Å². The van der Waals surface area contributed by atoms with Crippen LogP contribution in [-0.2, 0) is 16.4 Å². The fourth-order valence-corrected chi connectivity index (χ4v) is 5.10. The van der Waals surface area contributed by atoms with Crippen molar-refractivity contribution in [2.75, 3.05) is 32.7 Å². The number of carbonyl (C=O) groups excluding carboxylic acids is 1. The number of halogens is 1. The van der Waals surface area contributed by atoms with Crippen LogP contribution >= 0.6 is 0 Å². The minimum absolute atomic E-state index is 0.246. The highest BCUT2D eigenvalue weighted by atomic mass is 32.2. The molecular weight excluding hydrogens is 393 g/mol. The first-order valence-corrected chi connectivity index (χ1v) is 11.1. The molecule has 1 heterocycles. The lowest BCUT2D eigenvalue weighted by Gasteiger charge is -2.34. The summed E-state index contributed by atoms with van der Waals surface area (Å²) in [7, 11) is -3.58. The van der Waals surface area contributed by atoms with Crippen molar-refractivity contribution in [2.24, 2.45) is 0 Å². The van der Waals surface area contributed by atoms with Gasteiger partial charge in [0.2, 0.25) is 10.0 Å². The molecular formula is C21H26FN3O3S. The van der Waals surface area contributed by atoms with Gasteiger partial charge >= 0.3 is 6.03 Å². The SMILES string of the molecule is Cc1ccc(S(=O)(=O)N2CCN(C(=O)NCCc3ccccc3F)CC2)c(C)c1. The molecule has 6 nitrogen and oxygen atoms in total. The summed E-state index contributed by atoms with van der Waals surface area (Å²) in [5.41, 5.74) is 2.29. The van der Waals surface area contributed by atoms with Crippen molar-refractivity contribution >= 4 is 16.1 Å². The molecule has 0 unspecified atom stereocenters. The van der Waals surface area contributed by atoms with Gasteiger partial charge in [-0.1, -0.05) is 35.9 Å². The van der Waals surface area contributed by atoms with Gasteiger partial charge in [-0.15, -0.1) is 0 Å². The number of amides is 2. The summed E-state index contributed by atoms with van der Waals surface area (Å²) in [5.74, 6) is -0.285. The van der Waals surface area contributed by atoms with Crippen molar-refractivity contribution in [1.82, 2.24) is 14.5 Å². The highest BCUT2D eigenvalue weighted by Gasteiger charge is 2.30. The third-order valence-electron chi connectivity index (χ3n) is 5.10. The first-order chi connectivity index (χ1) is 13.8. The minimum Gasteiger partial charge on any atom is -0.338 e. The van der Waals surface area contributed by atoms with E-state index in [4.69, 9.17) is 0 Å². The van der Waals surface area contributed by atoms with Crippen LogP contribution in [0.5, 0.6) is 0 Å². The molecule has 3 rings (SSSR count). The normalized spacial score (nSPS) is 15.3. The Hall–Kier alpha value is -2.45. The predicted molar refractivity (Wildman–Crippen MR) is 110 cm³/mol.